The Hall–Kier alpha value is -3.22. The van der Waals surface area contributed by atoms with E-state index < -0.39 is 0 Å². The molecule has 3 rings (SSSR count). The first-order valence-electron chi connectivity index (χ1n) is 7.62. The van der Waals surface area contributed by atoms with Gasteiger partial charge in [-0.05, 0) is 30.7 Å². The van der Waals surface area contributed by atoms with Crippen molar-refractivity contribution in [2.45, 2.75) is 19.4 Å². The third-order valence-corrected chi connectivity index (χ3v) is 3.86. The van der Waals surface area contributed by atoms with Crippen molar-refractivity contribution in [1.29, 1.82) is 0 Å². The number of para-hydroxylation sites is 1. The number of fused-ring (bicyclic) bond motifs is 1. The molecule has 0 unspecified atom stereocenters. The first-order valence-corrected chi connectivity index (χ1v) is 7.62. The Labute approximate surface area is 139 Å². The van der Waals surface area contributed by atoms with E-state index >= 15 is 0 Å². The molecule has 1 amide bonds. The van der Waals surface area contributed by atoms with Crippen LogP contribution in [0.2, 0.25) is 0 Å². The van der Waals surface area contributed by atoms with Gasteiger partial charge in [-0.1, -0.05) is 24.3 Å². The van der Waals surface area contributed by atoms with Gasteiger partial charge >= 0.3 is 5.84 Å². The molecule has 1 aliphatic rings. The SMILES string of the molecule is C[C@@H]1CC(=O)Nc2cccc(-c3cccc(C(=[NH2+])N=NN)c3)c2N1. The molecule has 0 aromatic heterocycles. The van der Waals surface area contributed by atoms with Gasteiger partial charge in [-0.2, -0.15) is 0 Å². The molecule has 122 valence electrons. The molecule has 0 aliphatic carbocycles. The van der Waals surface area contributed by atoms with Gasteiger partial charge in [-0.3, -0.25) is 16.0 Å². The lowest BCUT2D eigenvalue weighted by atomic mass is 9.99. The van der Waals surface area contributed by atoms with Crippen molar-refractivity contribution in [3.63, 3.8) is 0 Å². The first kappa shape index (κ1) is 15.7. The Kier molecular flexibility index (Phi) is 4.24. The van der Waals surface area contributed by atoms with Crippen LogP contribution in [0, 0.1) is 0 Å². The van der Waals surface area contributed by atoms with Gasteiger partial charge in [0.1, 0.15) is 0 Å². The third kappa shape index (κ3) is 3.10. The number of carbonyl (C=O) groups excluding carboxylic acids is 1. The van der Waals surface area contributed by atoms with Crippen LogP contribution in [0.1, 0.15) is 18.9 Å². The van der Waals surface area contributed by atoms with Crippen molar-refractivity contribution in [1.82, 2.24) is 0 Å². The highest BCUT2D eigenvalue weighted by Gasteiger charge is 2.20. The molecule has 1 atom stereocenters. The standard InChI is InChI=1S/C17H18N6O/c1-10-8-15(24)21-14-7-3-6-13(16(14)20-10)11-4-2-5-12(9-11)17(18)22-23-19/h2-7,9-10,20H,8H2,1H3,(H,21,24)(H3,18,19,22)/p+1/t10-/m1/s1. The molecular weight excluding hydrogens is 304 g/mol. The number of nitrogens with two attached hydrogens (primary N) is 2. The van der Waals surface area contributed by atoms with Gasteiger partial charge in [-0.15, -0.1) is 0 Å². The third-order valence-electron chi connectivity index (χ3n) is 3.86. The van der Waals surface area contributed by atoms with E-state index in [4.69, 9.17) is 11.3 Å². The van der Waals surface area contributed by atoms with Gasteiger partial charge in [0.25, 0.3) is 0 Å². The lowest BCUT2D eigenvalue weighted by molar-refractivity contribution is -0.116. The molecule has 0 radical (unpaired) electrons. The quantitative estimate of drug-likeness (QED) is 0.219. The molecule has 24 heavy (non-hydrogen) atoms. The summed E-state index contributed by atoms with van der Waals surface area (Å²) in [5, 5.41) is 19.1. The zero-order valence-electron chi connectivity index (χ0n) is 13.3. The predicted molar refractivity (Wildman–Crippen MR) is 93.3 cm³/mol. The maximum Gasteiger partial charge on any atom is 0.350 e. The lowest BCUT2D eigenvalue weighted by Gasteiger charge is -2.16. The first-order chi connectivity index (χ1) is 11.6. The Morgan fingerprint density at radius 3 is 2.88 bits per heavy atom. The zero-order valence-corrected chi connectivity index (χ0v) is 13.3. The highest BCUT2D eigenvalue weighted by Crippen LogP contribution is 2.36. The molecule has 0 fully saturated rings. The summed E-state index contributed by atoms with van der Waals surface area (Å²) >= 11 is 0. The number of hydrogen-bond acceptors (Lipinski definition) is 3. The van der Waals surface area contributed by atoms with Gasteiger partial charge < -0.3 is 10.6 Å². The Bertz CT molecular complexity index is 830. The number of hydrogen-bond donors (Lipinski definition) is 4. The number of nitrogens with zero attached hydrogens (tertiary/aromatic N) is 2. The predicted octanol–water partition coefficient (Wildman–Crippen LogP) is 1.33. The lowest BCUT2D eigenvalue weighted by Crippen LogP contribution is -2.38. The average molecular weight is 323 g/mol. The Balaban J connectivity index is 2.08. The number of anilines is 2. The molecule has 1 aliphatic heterocycles. The van der Waals surface area contributed by atoms with E-state index in [1.54, 1.807) is 0 Å². The number of rotatable bonds is 2. The van der Waals surface area contributed by atoms with Gasteiger partial charge in [-0.25, -0.2) is 0 Å². The largest absolute Gasteiger partial charge is 0.380 e. The Morgan fingerprint density at radius 2 is 2.08 bits per heavy atom. The molecular formula is C17H19N6O+. The van der Waals surface area contributed by atoms with Crippen LogP contribution < -0.4 is 21.9 Å². The molecule has 0 saturated carbocycles. The van der Waals surface area contributed by atoms with E-state index in [0.717, 1.165) is 28.1 Å². The summed E-state index contributed by atoms with van der Waals surface area (Å²) in [7, 11) is 0. The van der Waals surface area contributed by atoms with E-state index in [-0.39, 0.29) is 17.8 Å². The van der Waals surface area contributed by atoms with E-state index in [1.807, 2.05) is 49.4 Å². The molecule has 2 aromatic rings. The van der Waals surface area contributed by atoms with Crippen LogP contribution in [0.4, 0.5) is 11.4 Å². The smallest absolute Gasteiger partial charge is 0.350 e. The van der Waals surface area contributed by atoms with Crippen molar-refractivity contribution in [2.75, 3.05) is 10.6 Å². The van der Waals surface area contributed by atoms with E-state index in [0.29, 0.717) is 6.42 Å². The summed E-state index contributed by atoms with van der Waals surface area (Å²) < 4.78 is 0. The molecule has 1 heterocycles. The molecule has 0 saturated heterocycles. The highest BCUT2D eigenvalue weighted by atomic mass is 16.1. The number of amides is 1. The normalized spacial score (nSPS) is 16.9. The number of amidine groups is 1. The van der Waals surface area contributed by atoms with E-state index in [1.165, 1.54) is 0 Å². The van der Waals surface area contributed by atoms with Crippen molar-refractivity contribution in [3.05, 3.63) is 48.0 Å². The second-order valence-corrected chi connectivity index (χ2v) is 5.71. The summed E-state index contributed by atoms with van der Waals surface area (Å²) in [5.74, 6) is 5.31. The second-order valence-electron chi connectivity index (χ2n) is 5.71. The van der Waals surface area contributed by atoms with E-state index in [2.05, 4.69) is 21.0 Å². The fourth-order valence-electron chi connectivity index (χ4n) is 2.80. The maximum absolute atomic E-state index is 11.9. The monoisotopic (exact) mass is 323 g/mol. The van der Waals surface area contributed by atoms with Crippen LogP contribution in [-0.4, -0.2) is 17.8 Å². The molecule has 6 N–H and O–H groups in total. The van der Waals surface area contributed by atoms with Gasteiger partial charge in [0.15, 0.2) is 0 Å². The fourth-order valence-corrected chi connectivity index (χ4v) is 2.80. The highest BCUT2D eigenvalue weighted by molar-refractivity contribution is 6.01. The van der Waals surface area contributed by atoms with Gasteiger partial charge in [0, 0.05) is 23.2 Å². The minimum Gasteiger partial charge on any atom is -0.380 e. The summed E-state index contributed by atoms with van der Waals surface area (Å²) in [5.41, 5.74) is 4.32. The molecule has 7 nitrogen and oxygen atoms in total. The van der Waals surface area contributed by atoms with Gasteiger partial charge in [0.2, 0.25) is 5.91 Å². The molecule has 0 bridgehead atoms. The van der Waals surface area contributed by atoms with Crippen LogP contribution in [0.5, 0.6) is 0 Å². The van der Waals surface area contributed by atoms with E-state index in [9.17, 15) is 4.79 Å². The fraction of sp³-hybridized carbons (Fsp3) is 0.176. The summed E-state index contributed by atoms with van der Waals surface area (Å²) in [4.78, 5) is 11.9. The topological polar surface area (TPSA) is 117 Å². The molecule has 2 aromatic carbocycles. The number of benzene rings is 2. The van der Waals surface area contributed by atoms with Crippen molar-refractivity contribution < 1.29 is 10.2 Å². The minimum atomic E-state index is 0.000542. The number of nitrogens with one attached hydrogen (secondary N) is 2. The summed E-state index contributed by atoms with van der Waals surface area (Å²) in [6.45, 7) is 1.98. The van der Waals surface area contributed by atoms with Crippen molar-refractivity contribution in [3.8, 4) is 11.1 Å². The van der Waals surface area contributed by atoms with Crippen LogP contribution >= 0.6 is 0 Å². The van der Waals surface area contributed by atoms with Crippen LogP contribution in [0.15, 0.2) is 52.8 Å². The summed E-state index contributed by atoms with van der Waals surface area (Å²) in [6.07, 6.45) is 0.422. The van der Waals surface area contributed by atoms with Crippen molar-refractivity contribution >= 4 is 23.1 Å². The van der Waals surface area contributed by atoms with Gasteiger partial charge in [0.05, 0.1) is 22.1 Å². The minimum absolute atomic E-state index is 0.000542. The van der Waals surface area contributed by atoms with Crippen LogP contribution in [-0.2, 0) is 4.79 Å². The Morgan fingerprint density at radius 1 is 1.29 bits per heavy atom. The van der Waals surface area contributed by atoms with Crippen LogP contribution in [0.3, 0.4) is 0 Å². The van der Waals surface area contributed by atoms with Crippen LogP contribution in [0.25, 0.3) is 11.1 Å². The maximum atomic E-state index is 11.9. The zero-order chi connectivity index (χ0) is 17.1. The average Bonchev–Trinajstić information content (AvgIpc) is 2.71. The molecule has 0 spiro atoms. The number of carbonyl (C=O) groups is 1. The second kappa shape index (κ2) is 6.49. The van der Waals surface area contributed by atoms with Crippen molar-refractivity contribution in [2.24, 2.45) is 16.2 Å². The molecule has 7 heteroatoms. The summed E-state index contributed by atoms with van der Waals surface area (Å²) in [6, 6.07) is 13.5.